The van der Waals surface area contributed by atoms with E-state index < -0.39 is 0 Å². The number of nitrogens with zero attached hydrogens (tertiary/aromatic N) is 3. The third-order valence-electron chi connectivity index (χ3n) is 4.10. The number of thioether (sulfide) groups is 1. The quantitative estimate of drug-likeness (QED) is 0.656. The zero-order valence-electron chi connectivity index (χ0n) is 13.8. The van der Waals surface area contributed by atoms with Gasteiger partial charge in [0.1, 0.15) is 10.7 Å². The second-order valence-corrected chi connectivity index (χ2v) is 8.23. The summed E-state index contributed by atoms with van der Waals surface area (Å²) < 4.78 is 0. The van der Waals surface area contributed by atoms with Crippen molar-refractivity contribution in [2.75, 3.05) is 11.4 Å². The number of benzene rings is 1. The van der Waals surface area contributed by atoms with Crippen LogP contribution in [0.4, 0.5) is 5.69 Å². The number of rotatable bonds is 2. The van der Waals surface area contributed by atoms with Gasteiger partial charge in [-0.15, -0.1) is 23.1 Å². The molecule has 3 aromatic rings. The summed E-state index contributed by atoms with van der Waals surface area (Å²) in [6.45, 7) is 2.91. The van der Waals surface area contributed by atoms with Crippen LogP contribution in [0.5, 0.6) is 0 Å². The number of aromatic nitrogens is 2. The van der Waals surface area contributed by atoms with E-state index in [0.29, 0.717) is 17.5 Å². The molecule has 0 aliphatic carbocycles. The molecule has 0 radical (unpaired) electrons. The third kappa shape index (κ3) is 3.32. The highest BCUT2D eigenvalue weighted by Crippen LogP contribution is 2.38. The number of anilines is 1. The lowest BCUT2D eigenvalue weighted by Gasteiger charge is -2.21. The van der Waals surface area contributed by atoms with Gasteiger partial charge in [-0.25, -0.2) is 4.98 Å². The topological polar surface area (TPSA) is 46.1 Å². The summed E-state index contributed by atoms with van der Waals surface area (Å²) >= 11 is 3.29. The second-order valence-electron chi connectivity index (χ2n) is 5.89. The van der Waals surface area contributed by atoms with Crippen molar-refractivity contribution >= 4 is 34.7 Å². The van der Waals surface area contributed by atoms with Crippen molar-refractivity contribution in [1.29, 1.82) is 0 Å². The Morgan fingerprint density at radius 2 is 2.04 bits per heavy atom. The first kappa shape index (κ1) is 16.3. The fraction of sp³-hybridized carbons (Fsp3) is 0.211. The summed E-state index contributed by atoms with van der Waals surface area (Å²) in [5.74, 6) is -0.0411. The predicted molar refractivity (Wildman–Crippen MR) is 103 cm³/mol. The molecular formula is C19H17N3OS2. The largest absolute Gasteiger partial charge is 0.306 e. The molecule has 6 heteroatoms. The molecule has 3 heterocycles. The molecule has 4 rings (SSSR count). The molecule has 2 aromatic heterocycles. The lowest BCUT2D eigenvalue weighted by Crippen LogP contribution is -2.32. The Morgan fingerprint density at radius 1 is 1.20 bits per heavy atom. The molecule has 0 fully saturated rings. The Morgan fingerprint density at radius 3 is 2.88 bits per heavy atom. The SMILES string of the molecule is C[C@H]1CCN(C(=O)c2csc(-c3ccccn3)n2)c2ccccc2S1. The number of pyridine rings is 1. The van der Waals surface area contributed by atoms with Crippen LogP contribution in [0.15, 0.2) is 58.9 Å². The van der Waals surface area contributed by atoms with Crippen LogP contribution >= 0.6 is 23.1 Å². The minimum atomic E-state index is -0.0411. The molecule has 1 amide bonds. The lowest BCUT2D eigenvalue weighted by atomic mass is 10.2. The molecule has 1 atom stereocenters. The average Bonchev–Trinajstić information content (AvgIpc) is 3.07. The molecule has 0 bridgehead atoms. The van der Waals surface area contributed by atoms with E-state index in [0.717, 1.165) is 27.7 Å². The van der Waals surface area contributed by atoms with E-state index >= 15 is 0 Å². The van der Waals surface area contributed by atoms with Gasteiger partial charge in [-0.3, -0.25) is 9.78 Å². The van der Waals surface area contributed by atoms with E-state index in [2.05, 4.69) is 23.0 Å². The molecule has 0 N–H and O–H groups in total. The average molecular weight is 367 g/mol. The number of amides is 1. The maximum absolute atomic E-state index is 13.1. The summed E-state index contributed by atoms with van der Waals surface area (Å²) in [6.07, 6.45) is 2.70. The van der Waals surface area contributed by atoms with Crippen molar-refractivity contribution in [3.8, 4) is 10.7 Å². The molecule has 25 heavy (non-hydrogen) atoms. The molecule has 0 unspecified atom stereocenters. The number of fused-ring (bicyclic) bond motifs is 1. The molecule has 4 nitrogen and oxygen atoms in total. The zero-order valence-corrected chi connectivity index (χ0v) is 15.4. The van der Waals surface area contributed by atoms with Crippen LogP contribution in [-0.4, -0.2) is 27.7 Å². The number of hydrogen-bond acceptors (Lipinski definition) is 5. The Kier molecular flexibility index (Phi) is 4.55. The predicted octanol–water partition coefficient (Wildman–Crippen LogP) is 4.74. The van der Waals surface area contributed by atoms with Crippen molar-refractivity contribution in [1.82, 2.24) is 9.97 Å². The number of carbonyl (C=O) groups excluding carboxylic acids is 1. The zero-order chi connectivity index (χ0) is 17.2. The molecule has 126 valence electrons. The van der Waals surface area contributed by atoms with Gasteiger partial charge < -0.3 is 4.90 Å². The molecule has 0 saturated heterocycles. The highest BCUT2D eigenvalue weighted by molar-refractivity contribution is 8.00. The summed E-state index contributed by atoms with van der Waals surface area (Å²) in [5.41, 5.74) is 2.27. The second kappa shape index (κ2) is 6.98. The maximum Gasteiger partial charge on any atom is 0.277 e. The monoisotopic (exact) mass is 367 g/mol. The highest BCUT2D eigenvalue weighted by atomic mass is 32.2. The summed E-state index contributed by atoms with van der Waals surface area (Å²) in [6, 6.07) is 13.8. The standard InChI is InChI=1S/C19H17N3OS2/c1-13-9-11-22(16-7-2-3-8-17(16)25-13)19(23)15-12-24-18(21-15)14-6-4-5-10-20-14/h2-8,10,12-13H,9,11H2,1H3/t13-/m0/s1. The van der Waals surface area contributed by atoms with Crippen LogP contribution in [0.3, 0.4) is 0 Å². The van der Waals surface area contributed by atoms with Gasteiger partial charge in [-0.05, 0) is 30.7 Å². The van der Waals surface area contributed by atoms with Crippen molar-refractivity contribution < 1.29 is 4.79 Å². The Bertz CT molecular complexity index is 894. The van der Waals surface area contributed by atoms with Crippen molar-refractivity contribution in [3.63, 3.8) is 0 Å². The van der Waals surface area contributed by atoms with Gasteiger partial charge in [0.15, 0.2) is 0 Å². The van der Waals surface area contributed by atoms with Crippen LogP contribution in [0.25, 0.3) is 10.7 Å². The fourth-order valence-electron chi connectivity index (χ4n) is 2.81. The summed E-state index contributed by atoms with van der Waals surface area (Å²) in [7, 11) is 0. The van der Waals surface area contributed by atoms with E-state index in [9.17, 15) is 4.79 Å². The minimum absolute atomic E-state index is 0.0411. The van der Waals surface area contributed by atoms with Gasteiger partial charge in [-0.2, -0.15) is 0 Å². The highest BCUT2D eigenvalue weighted by Gasteiger charge is 2.26. The van der Waals surface area contributed by atoms with Crippen LogP contribution in [-0.2, 0) is 0 Å². The van der Waals surface area contributed by atoms with Crippen LogP contribution in [0.2, 0.25) is 0 Å². The first-order valence-corrected chi connectivity index (χ1v) is 9.93. The van der Waals surface area contributed by atoms with Gasteiger partial charge in [-0.1, -0.05) is 25.1 Å². The normalized spacial score (nSPS) is 17.0. The molecule has 0 saturated carbocycles. The van der Waals surface area contributed by atoms with E-state index in [1.165, 1.54) is 11.3 Å². The number of carbonyl (C=O) groups is 1. The first-order valence-electron chi connectivity index (χ1n) is 8.17. The Labute approximate surface area is 154 Å². The van der Waals surface area contributed by atoms with Gasteiger partial charge in [0.2, 0.25) is 0 Å². The van der Waals surface area contributed by atoms with E-state index in [1.807, 2.05) is 58.4 Å². The number of hydrogen-bond donors (Lipinski definition) is 0. The van der Waals surface area contributed by atoms with Crippen molar-refractivity contribution in [3.05, 3.63) is 59.7 Å². The van der Waals surface area contributed by atoms with Crippen LogP contribution < -0.4 is 4.90 Å². The van der Waals surface area contributed by atoms with Gasteiger partial charge in [0.25, 0.3) is 5.91 Å². The Balaban J connectivity index is 1.66. The van der Waals surface area contributed by atoms with E-state index in [-0.39, 0.29) is 5.91 Å². The molecule has 0 spiro atoms. The van der Waals surface area contributed by atoms with Crippen LogP contribution in [0.1, 0.15) is 23.8 Å². The van der Waals surface area contributed by atoms with E-state index in [4.69, 9.17) is 0 Å². The molecule has 1 aliphatic heterocycles. The van der Waals surface area contributed by atoms with Gasteiger partial charge in [0.05, 0.1) is 11.4 Å². The Hall–Kier alpha value is -2.18. The third-order valence-corrected chi connectivity index (χ3v) is 6.20. The minimum Gasteiger partial charge on any atom is -0.306 e. The van der Waals surface area contributed by atoms with E-state index in [1.54, 1.807) is 6.20 Å². The van der Waals surface area contributed by atoms with Crippen LogP contribution in [0, 0.1) is 0 Å². The van der Waals surface area contributed by atoms with Gasteiger partial charge >= 0.3 is 0 Å². The lowest BCUT2D eigenvalue weighted by molar-refractivity contribution is 0.0982. The number of thiazole rings is 1. The van der Waals surface area contributed by atoms with Crippen molar-refractivity contribution in [2.45, 2.75) is 23.5 Å². The maximum atomic E-state index is 13.1. The summed E-state index contributed by atoms with van der Waals surface area (Å²) in [4.78, 5) is 25.0. The summed E-state index contributed by atoms with van der Waals surface area (Å²) in [5, 5.41) is 3.09. The van der Waals surface area contributed by atoms with Gasteiger partial charge in [0, 0.05) is 28.3 Å². The fourth-order valence-corrected chi connectivity index (χ4v) is 4.70. The smallest absolute Gasteiger partial charge is 0.277 e. The molecular weight excluding hydrogens is 350 g/mol. The molecule has 1 aliphatic rings. The first-order chi connectivity index (χ1) is 12.2. The molecule has 1 aromatic carbocycles. The van der Waals surface area contributed by atoms with Crippen molar-refractivity contribution in [2.24, 2.45) is 0 Å². The number of para-hydroxylation sites is 1.